The van der Waals surface area contributed by atoms with Gasteiger partial charge in [-0.2, -0.15) is 0 Å². The third-order valence-corrected chi connectivity index (χ3v) is 3.19. The van der Waals surface area contributed by atoms with Crippen LogP contribution in [0.3, 0.4) is 0 Å². The molecule has 5 heteroatoms. The van der Waals surface area contributed by atoms with E-state index in [0.717, 1.165) is 0 Å². The van der Waals surface area contributed by atoms with Crippen LogP contribution in [0.1, 0.15) is 6.92 Å². The van der Waals surface area contributed by atoms with Gasteiger partial charge in [0.05, 0.1) is 7.14 Å². The lowest BCUT2D eigenvalue weighted by Gasteiger charge is -2.06. The summed E-state index contributed by atoms with van der Waals surface area (Å²) in [5, 5.41) is 9.50. The summed E-state index contributed by atoms with van der Waals surface area (Å²) >= 11 is 3.94. The van der Waals surface area contributed by atoms with Gasteiger partial charge in [-0.05, 0) is 64.2 Å². The van der Waals surface area contributed by atoms with Crippen LogP contribution in [0.25, 0.3) is 0 Å². The van der Waals surface area contributed by atoms with Gasteiger partial charge in [-0.1, -0.05) is 6.58 Å². The van der Waals surface area contributed by atoms with Gasteiger partial charge in [-0.3, -0.25) is 0 Å². The summed E-state index contributed by atoms with van der Waals surface area (Å²) in [7, 11) is 0. The number of esters is 1. The average Bonchev–Trinajstić information content (AvgIpc) is 2.13. The van der Waals surface area contributed by atoms with Gasteiger partial charge >= 0.3 is 5.97 Å². The molecule has 0 aliphatic carbocycles. The number of phenols is 1. The summed E-state index contributed by atoms with van der Waals surface area (Å²) < 4.78 is 6.32. The van der Waals surface area contributed by atoms with Gasteiger partial charge in [0.25, 0.3) is 0 Å². The Hall–Kier alpha value is -0.310. The van der Waals surface area contributed by atoms with E-state index in [1.807, 2.05) is 45.2 Å². The zero-order valence-electron chi connectivity index (χ0n) is 7.88. The van der Waals surface area contributed by atoms with E-state index in [-0.39, 0.29) is 5.75 Å². The summed E-state index contributed by atoms with van der Waals surface area (Å²) in [6, 6.07) is 3.19. The molecular weight excluding hydrogens is 422 g/mol. The number of carbonyl (C=O) groups is 1. The molecule has 0 unspecified atom stereocenters. The van der Waals surface area contributed by atoms with Crippen LogP contribution in [0.4, 0.5) is 0 Å². The lowest BCUT2D eigenvalue weighted by Crippen LogP contribution is -2.08. The number of ether oxygens (including phenoxy) is 1. The minimum Gasteiger partial charge on any atom is -0.506 e. The average molecular weight is 430 g/mol. The zero-order valence-corrected chi connectivity index (χ0v) is 12.2. The van der Waals surface area contributed by atoms with Crippen molar-refractivity contribution in [2.24, 2.45) is 0 Å². The lowest BCUT2D eigenvalue weighted by molar-refractivity contribution is -0.130. The van der Waals surface area contributed by atoms with E-state index >= 15 is 0 Å². The number of phenolic OH excluding ortho intramolecular Hbond substituents is 1. The quantitative estimate of drug-likeness (QED) is 0.340. The normalized spacial score (nSPS) is 9.80. The predicted octanol–water partition coefficient (Wildman–Crippen LogP) is 3.08. The molecule has 0 amide bonds. The van der Waals surface area contributed by atoms with Gasteiger partial charge in [0.1, 0.15) is 11.5 Å². The first-order valence-corrected chi connectivity index (χ1v) is 6.13. The Morgan fingerprint density at radius 2 is 1.87 bits per heavy atom. The fraction of sp³-hybridized carbons (Fsp3) is 0.100. The number of halogens is 2. The number of benzene rings is 1. The maximum Gasteiger partial charge on any atom is 0.338 e. The molecule has 0 saturated carbocycles. The molecule has 0 heterocycles. The zero-order chi connectivity index (χ0) is 11.6. The van der Waals surface area contributed by atoms with Crippen molar-refractivity contribution >= 4 is 51.2 Å². The van der Waals surface area contributed by atoms with Crippen molar-refractivity contribution in [3.63, 3.8) is 0 Å². The highest BCUT2D eigenvalue weighted by atomic mass is 127. The number of hydrogen-bond donors (Lipinski definition) is 1. The van der Waals surface area contributed by atoms with Crippen molar-refractivity contribution in [2.45, 2.75) is 6.92 Å². The number of hydrogen-bond acceptors (Lipinski definition) is 3. The molecule has 0 fully saturated rings. The molecule has 0 saturated heterocycles. The second-order valence-corrected chi connectivity index (χ2v) is 5.23. The van der Waals surface area contributed by atoms with Crippen LogP contribution in [-0.4, -0.2) is 11.1 Å². The number of carbonyl (C=O) groups excluding carboxylic acids is 1. The van der Waals surface area contributed by atoms with E-state index in [1.54, 1.807) is 19.1 Å². The number of aromatic hydroxyl groups is 1. The smallest absolute Gasteiger partial charge is 0.338 e. The molecule has 0 aliphatic heterocycles. The topological polar surface area (TPSA) is 46.5 Å². The first kappa shape index (κ1) is 12.8. The second kappa shape index (κ2) is 5.15. The Balaban J connectivity index is 2.98. The van der Waals surface area contributed by atoms with Gasteiger partial charge in [-0.25, -0.2) is 4.79 Å². The van der Waals surface area contributed by atoms with Crippen molar-refractivity contribution < 1.29 is 14.6 Å². The molecule has 80 valence electrons. The third kappa shape index (κ3) is 3.33. The van der Waals surface area contributed by atoms with Gasteiger partial charge in [-0.15, -0.1) is 0 Å². The monoisotopic (exact) mass is 430 g/mol. The molecule has 15 heavy (non-hydrogen) atoms. The van der Waals surface area contributed by atoms with Crippen LogP contribution in [0.15, 0.2) is 24.3 Å². The molecule has 0 aromatic heterocycles. The highest BCUT2D eigenvalue weighted by Gasteiger charge is 2.10. The first-order chi connectivity index (χ1) is 6.91. The van der Waals surface area contributed by atoms with E-state index in [0.29, 0.717) is 18.5 Å². The fourth-order valence-electron chi connectivity index (χ4n) is 0.795. The SMILES string of the molecule is C=C(C)C(=O)Oc1cc(I)c(O)c(I)c1. The van der Waals surface area contributed by atoms with Gasteiger partial charge in [0.15, 0.2) is 0 Å². The summed E-state index contributed by atoms with van der Waals surface area (Å²) in [5.74, 6) is 0.146. The van der Waals surface area contributed by atoms with Gasteiger partial charge < -0.3 is 9.84 Å². The predicted molar refractivity (Wildman–Crippen MR) is 74.0 cm³/mol. The minimum absolute atomic E-state index is 0.200. The Morgan fingerprint density at radius 3 is 2.27 bits per heavy atom. The molecule has 0 atom stereocenters. The molecule has 1 N–H and O–H groups in total. The van der Waals surface area contributed by atoms with Crippen LogP contribution in [-0.2, 0) is 4.79 Å². The standard InChI is InChI=1S/C10H8I2O3/c1-5(2)10(14)15-6-3-7(11)9(13)8(12)4-6/h3-4,13H,1H2,2H3. The van der Waals surface area contributed by atoms with Crippen molar-refractivity contribution in [3.05, 3.63) is 31.4 Å². The van der Waals surface area contributed by atoms with Crippen LogP contribution in [0.5, 0.6) is 11.5 Å². The first-order valence-electron chi connectivity index (χ1n) is 3.97. The van der Waals surface area contributed by atoms with E-state index in [2.05, 4.69) is 6.58 Å². The van der Waals surface area contributed by atoms with Crippen molar-refractivity contribution in [1.29, 1.82) is 0 Å². The Bertz CT molecular complexity index is 404. The van der Waals surface area contributed by atoms with Crippen LogP contribution >= 0.6 is 45.2 Å². The maximum atomic E-state index is 11.2. The molecule has 1 rings (SSSR count). The second-order valence-electron chi connectivity index (χ2n) is 2.91. The highest BCUT2D eigenvalue weighted by Crippen LogP contribution is 2.30. The molecule has 1 aromatic carbocycles. The van der Waals surface area contributed by atoms with Crippen molar-refractivity contribution in [3.8, 4) is 11.5 Å². The maximum absolute atomic E-state index is 11.2. The van der Waals surface area contributed by atoms with E-state index in [9.17, 15) is 9.90 Å². The van der Waals surface area contributed by atoms with Crippen molar-refractivity contribution in [2.75, 3.05) is 0 Å². The summed E-state index contributed by atoms with van der Waals surface area (Å²) in [4.78, 5) is 11.2. The summed E-state index contributed by atoms with van der Waals surface area (Å²) in [6.07, 6.45) is 0. The van der Waals surface area contributed by atoms with E-state index in [1.165, 1.54) is 0 Å². The largest absolute Gasteiger partial charge is 0.506 e. The van der Waals surface area contributed by atoms with Crippen molar-refractivity contribution in [1.82, 2.24) is 0 Å². The Kier molecular flexibility index (Phi) is 4.38. The molecule has 0 aliphatic rings. The highest BCUT2D eigenvalue weighted by molar-refractivity contribution is 14.1. The van der Waals surface area contributed by atoms with Gasteiger partial charge in [0, 0.05) is 5.57 Å². The van der Waals surface area contributed by atoms with Gasteiger partial charge in [0.2, 0.25) is 0 Å². The van der Waals surface area contributed by atoms with Crippen LogP contribution < -0.4 is 4.74 Å². The van der Waals surface area contributed by atoms with E-state index in [4.69, 9.17) is 4.74 Å². The van der Waals surface area contributed by atoms with Crippen LogP contribution in [0.2, 0.25) is 0 Å². The Morgan fingerprint density at radius 1 is 1.40 bits per heavy atom. The fourth-order valence-corrected chi connectivity index (χ4v) is 2.51. The molecule has 0 bridgehead atoms. The lowest BCUT2D eigenvalue weighted by atomic mass is 10.3. The third-order valence-electron chi connectivity index (χ3n) is 1.55. The van der Waals surface area contributed by atoms with Crippen LogP contribution in [0, 0.1) is 7.14 Å². The molecule has 0 spiro atoms. The number of rotatable bonds is 2. The van der Waals surface area contributed by atoms with E-state index < -0.39 is 5.97 Å². The molecular formula is C10H8I2O3. The summed E-state index contributed by atoms with van der Waals surface area (Å²) in [6.45, 7) is 5.07. The minimum atomic E-state index is -0.465. The molecule has 1 aromatic rings. The molecule has 3 nitrogen and oxygen atoms in total. The summed E-state index contributed by atoms with van der Waals surface area (Å²) in [5.41, 5.74) is 0.341. The Labute approximate surface area is 115 Å². The molecule has 0 radical (unpaired) electrons.